The Bertz CT molecular complexity index is 511. The van der Waals surface area contributed by atoms with Crippen LogP contribution in [-0.4, -0.2) is 17.4 Å². The molecule has 116 valence electrons. The topological polar surface area (TPSA) is 42.0 Å². The van der Waals surface area contributed by atoms with E-state index < -0.39 is 0 Å². The van der Waals surface area contributed by atoms with Gasteiger partial charge in [0.1, 0.15) is 5.15 Å². The predicted octanol–water partition coefficient (Wildman–Crippen LogP) is 4.72. The van der Waals surface area contributed by atoms with Gasteiger partial charge in [0.2, 0.25) is 0 Å². The summed E-state index contributed by atoms with van der Waals surface area (Å²) >= 11 is 11.9. The molecule has 21 heavy (non-hydrogen) atoms. The lowest BCUT2D eigenvalue weighted by Crippen LogP contribution is -2.37. The number of hydrogen-bond acceptors (Lipinski definition) is 2. The van der Waals surface area contributed by atoms with Crippen LogP contribution < -0.4 is 5.32 Å². The van der Waals surface area contributed by atoms with E-state index in [0.29, 0.717) is 23.0 Å². The highest BCUT2D eigenvalue weighted by molar-refractivity contribution is 6.35. The second kappa shape index (κ2) is 6.97. The molecule has 0 atom stereocenters. The molecule has 1 fully saturated rings. The number of nitrogens with zero attached hydrogens (tertiary/aromatic N) is 1. The minimum Gasteiger partial charge on any atom is -0.351 e. The maximum atomic E-state index is 12.3. The molecular weight excluding hydrogens is 307 g/mol. The van der Waals surface area contributed by atoms with Crippen molar-refractivity contribution in [3.63, 3.8) is 0 Å². The fourth-order valence-corrected chi connectivity index (χ4v) is 3.74. The first-order chi connectivity index (χ1) is 9.92. The van der Waals surface area contributed by atoms with Gasteiger partial charge in [0.05, 0.1) is 10.6 Å². The number of carbonyl (C=O) groups excluding carboxylic acids is 1. The van der Waals surface area contributed by atoms with Gasteiger partial charge in [-0.1, -0.05) is 49.9 Å². The zero-order valence-corrected chi connectivity index (χ0v) is 14.1. The van der Waals surface area contributed by atoms with Crippen molar-refractivity contribution < 1.29 is 4.79 Å². The average Bonchev–Trinajstić information content (AvgIpc) is 2.87. The van der Waals surface area contributed by atoms with Gasteiger partial charge >= 0.3 is 0 Å². The zero-order chi connectivity index (χ0) is 15.5. The highest BCUT2D eigenvalue weighted by Gasteiger charge is 2.34. The largest absolute Gasteiger partial charge is 0.351 e. The van der Waals surface area contributed by atoms with Crippen molar-refractivity contribution in [3.05, 3.63) is 28.0 Å². The van der Waals surface area contributed by atoms with Crippen LogP contribution in [0.25, 0.3) is 0 Å². The van der Waals surface area contributed by atoms with Gasteiger partial charge in [-0.3, -0.25) is 4.79 Å². The van der Waals surface area contributed by atoms with E-state index in [4.69, 9.17) is 23.2 Å². The van der Waals surface area contributed by atoms with E-state index >= 15 is 0 Å². The summed E-state index contributed by atoms with van der Waals surface area (Å²) in [5.74, 6) is 0.471. The lowest BCUT2D eigenvalue weighted by molar-refractivity contribution is 0.0922. The minimum atomic E-state index is -0.167. The van der Waals surface area contributed by atoms with Crippen molar-refractivity contribution in [1.29, 1.82) is 0 Å². The molecule has 0 radical (unpaired) electrons. The SMILES string of the molecule is CC(C)CC1(CNC(=O)c2cc(Cl)ncc2Cl)CCCC1. The Balaban J connectivity index is 2.03. The van der Waals surface area contributed by atoms with Crippen molar-refractivity contribution in [2.24, 2.45) is 11.3 Å². The van der Waals surface area contributed by atoms with Crippen LogP contribution in [0.3, 0.4) is 0 Å². The lowest BCUT2D eigenvalue weighted by atomic mass is 9.78. The molecule has 0 aromatic carbocycles. The molecular formula is C16H22Cl2N2O. The third kappa shape index (κ3) is 4.33. The summed E-state index contributed by atoms with van der Waals surface area (Å²) < 4.78 is 0. The quantitative estimate of drug-likeness (QED) is 0.794. The third-order valence-corrected chi connectivity index (χ3v) is 4.70. The summed E-state index contributed by atoms with van der Waals surface area (Å²) in [5, 5.41) is 3.66. The number of pyridine rings is 1. The molecule has 2 rings (SSSR count). The molecule has 0 bridgehead atoms. The number of nitrogens with one attached hydrogen (secondary N) is 1. The third-order valence-electron chi connectivity index (χ3n) is 4.20. The molecule has 1 N–H and O–H groups in total. The molecule has 1 aliphatic carbocycles. The Morgan fingerprint density at radius 2 is 2.05 bits per heavy atom. The summed E-state index contributed by atoms with van der Waals surface area (Å²) in [5.41, 5.74) is 0.641. The Labute approximate surface area is 136 Å². The number of hydrogen-bond donors (Lipinski definition) is 1. The first-order valence-corrected chi connectivity index (χ1v) is 8.27. The van der Waals surface area contributed by atoms with Crippen molar-refractivity contribution in [2.75, 3.05) is 6.54 Å². The smallest absolute Gasteiger partial charge is 0.252 e. The standard InChI is InChI=1S/C16H22Cl2N2O/c1-11(2)8-16(5-3-4-6-16)10-20-15(21)12-7-14(18)19-9-13(12)17/h7,9,11H,3-6,8,10H2,1-2H3,(H,20,21). The van der Waals surface area contributed by atoms with E-state index in [-0.39, 0.29) is 16.5 Å². The van der Waals surface area contributed by atoms with E-state index in [1.807, 2.05) is 0 Å². The van der Waals surface area contributed by atoms with Gasteiger partial charge in [0.15, 0.2) is 0 Å². The van der Waals surface area contributed by atoms with Crippen LogP contribution in [0.1, 0.15) is 56.3 Å². The van der Waals surface area contributed by atoms with Gasteiger partial charge in [-0.2, -0.15) is 0 Å². The predicted molar refractivity (Wildman–Crippen MR) is 86.9 cm³/mol. The second-order valence-electron chi connectivity index (χ2n) is 6.47. The molecule has 1 aromatic heterocycles. The molecule has 1 heterocycles. The first kappa shape index (κ1) is 16.6. The molecule has 1 aliphatic rings. The lowest BCUT2D eigenvalue weighted by Gasteiger charge is -2.31. The van der Waals surface area contributed by atoms with E-state index in [1.54, 1.807) is 0 Å². The number of halogens is 2. The molecule has 0 spiro atoms. The highest BCUT2D eigenvalue weighted by Crippen LogP contribution is 2.42. The van der Waals surface area contributed by atoms with E-state index in [0.717, 1.165) is 6.42 Å². The van der Waals surface area contributed by atoms with Gasteiger partial charge in [-0.15, -0.1) is 0 Å². The fourth-order valence-electron chi connectivity index (χ4n) is 3.39. The summed E-state index contributed by atoms with van der Waals surface area (Å²) in [6.07, 6.45) is 7.46. The van der Waals surface area contributed by atoms with Gasteiger partial charge in [-0.05, 0) is 36.7 Å². The zero-order valence-electron chi connectivity index (χ0n) is 12.6. The van der Waals surface area contributed by atoms with Crippen LogP contribution in [0.5, 0.6) is 0 Å². The van der Waals surface area contributed by atoms with Gasteiger partial charge in [0.25, 0.3) is 5.91 Å². The van der Waals surface area contributed by atoms with Crippen LogP contribution in [0.2, 0.25) is 10.2 Å². The van der Waals surface area contributed by atoms with Crippen LogP contribution in [0, 0.1) is 11.3 Å². The van der Waals surface area contributed by atoms with Crippen LogP contribution in [-0.2, 0) is 0 Å². The van der Waals surface area contributed by atoms with Crippen molar-refractivity contribution >= 4 is 29.1 Å². The molecule has 3 nitrogen and oxygen atoms in total. The van der Waals surface area contributed by atoms with Crippen LogP contribution >= 0.6 is 23.2 Å². The second-order valence-corrected chi connectivity index (χ2v) is 7.27. The van der Waals surface area contributed by atoms with E-state index in [9.17, 15) is 4.79 Å². The van der Waals surface area contributed by atoms with Gasteiger partial charge < -0.3 is 5.32 Å². The maximum Gasteiger partial charge on any atom is 0.252 e. The average molecular weight is 329 g/mol. The van der Waals surface area contributed by atoms with Crippen LogP contribution in [0.15, 0.2) is 12.3 Å². The molecule has 1 saturated carbocycles. The minimum absolute atomic E-state index is 0.167. The highest BCUT2D eigenvalue weighted by atomic mass is 35.5. The van der Waals surface area contributed by atoms with Crippen molar-refractivity contribution in [1.82, 2.24) is 10.3 Å². The summed E-state index contributed by atoms with van der Waals surface area (Å²) in [7, 11) is 0. The molecule has 0 unspecified atom stereocenters. The monoisotopic (exact) mass is 328 g/mol. The Kier molecular flexibility index (Phi) is 5.50. The molecule has 5 heteroatoms. The van der Waals surface area contributed by atoms with Gasteiger partial charge in [-0.25, -0.2) is 4.98 Å². The van der Waals surface area contributed by atoms with E-state index in [1.165, 1.54) is 37.9 Å². The Morgan fingerprint density at radius 1 is 1.38 bits per heavy atom. The van der Waals surface area contributed by atoms with Crippen molar-refractivity contribution in [2.45, 2.75) is 46.0 Å². The molecule has 1 amide bonds. The van der Waals surface area contributed by atoms with Crippen LogP contribution in [0.4, 0.5) is 0 Å². The normalized spacial score (nSPS) is 17.2. The Hall–Kier alpha value is -0.800. The molecule has 0 aliphatic heterocycles. The maximum absolute atomic E-state index is 12.3. The number of aromatic nitrogens is 1. The fraction of sp³-hybridized carbons (Fsp3) is 0.625. The first-order valence-electron chi connectivity index (χ1n) is 7.51. The summed E-state index contributed by atoms with van der Waals surface area (Å²) in [4.78, 5) is 16.2. The van der Waals surface area contributed by atoms with E-state index in [2.05, 4.69) is 24.1 Å². The van der Waals surface area contributed by atoms with Gasteiger partial charge in [0, 0.05) is 12.7 Å². The molecule has 0 saturated heterocycles. The number of carbonyl (C=O) groups is 1. The summed E-state index contributed by atoms with van der Waals surface area (Å²) in [6, 6.07) is 1.52. The Morgan fingerprint density at radius 3 is 2.67 bits per heavy atom. The number of rotatable bonds is 5. The number of amides is 1. The summed E-state index contributed by atoms with van der Waals surface area (Å²) in [6.45, 7) is 5.18. The molecule has 1 aromatic rings. The van der Waals surface area contributed by atoms with Crippen molar-refractivity contribution in [3.8, 4) is 0 Å².